The zero-order valence-electron chi connectivity index (χ0n) is 13.0. The maximum atomic E-state index is 12.7. The van der Waals surface area contributed by atoms with Crippen LogP contribution in [0.4, 0.5) is 13.2 Å². The van der Waals surface area contributed by atoms with Gasteiger partial charge in [-0.25, -0.2) is 0 Å². The minimum absolute atomic E-state index is 0.00831. The second kappa shape index (κ2) is 7.97. The summed E-state index contributed by atoms with van der Waals surface area (Å²) in [6, 6.07) is 8.57. The van der Waals surface area contributed by atoms with E-state index in [1.807, 2.05) is 0 Å². The molecule has 1 amide bonds. The second-order valence-corrected chi connectivity index (χ2v) is 6.15. The van der Waals surface area contributed by atoms with Gasteiger partial charge in [0.25, 0.3) is 5.91 Å². The smallest absolute Gasteiger partial charge is 0.416 e. The van der Waals surface area contributed by atoms with E-state index < -0.39 is 23.7 Å². The molecule has 0 aromatic heterocycles. The van der Waals surface area contributed by atoms with Gasteiger partial charge in [0.05, 0.1) is 21.7 Å². The maximum absolute atomic E-state index is 12.7. The lowest BCUT2D eigenvalue weighted by molar-refractivity contribution is -0.137. The Labute approximate surface area is 152 Å². The first-order chi connectivity index (χ1) is 11.7. The maximum Gasteiger partial charge on any atom is 0.416 e. The molecule has 3 nitrogen and oxygen atoms in total. The second-order valence-electron chi connectivity index (χ2n) is 5.34. The van der Waals surface area contributed by atoms with Gasteiger partial charge in [-0.05, 0) is 43.3 Å². The first-order valence-corrected chi connectivity index (χ1v) is 7.98. The molecule has 1 N–H and O–H groups in total. The van der Waals surface area contributed by atoms with Crippen LogP contribution in [0.5, 0.6) is 5.75 Å². The topological polar surface area (TPSA) is 38.3 Å². The number of rotatable bonds is 5. The van der Waals surface area contributed by atoms with Crippen molar-refractivity contribution >= 4 is 29.1 Å². The number of halogens is 5. The zero-order chi connectivity index (χ0) is 18.6. The lowest BCUT2D eigenvalue weighted by Crippen LogP contribution is -2.36. The summed E-state index contributed by atoms with van der Waals surface area (Å²) in [6.07, 6.45) is -4.44. The van der Waals surface area contributed by atoms with Crippen LogP contribution in [0.2, 0.25) is 10.0 Å². The standard InChI is InChI=1S/C17H14Cl2F3NO2/c1-10(23-16(24)11-5-6-14(18)15(19)7-11)9-25-13-4-2-3-12(8-13)17(20,21)22/h2-8,10H,9H2,1H3,(H,23,24). The Morgan fingerprint density at radius 1 is 1.16 bits per heavy atom. The van der Waals surface area contributed by atoms with Crippen molar-refractivity contribution in [1.29, 1.82) is 0 Å². The molecule has 0 aliphatic rings. The third-order valence-corrected chi connectivity index (χ3v) is 3.96. The van der Waals surface area contributed by atoms with Gasteiger partial charge in [0, 0.05) is 5.56 Å². The average Bonchev–Trinajstić information content (AvgIpc) is 2.55. The predicted molar refractivity (Wildman–Crippen MR) is 90.3 cm³/mol. The number of hydrogen-bond acceptors (Lipinski definition) is 2. The van der Waals surface area contributed by atoms with Gasteiger partial charge in [0.15, 0.2) is 0 Å². The molecule has 0 saturated carbocycles. The fourth-order valence-corrected chi connectivity index (χ4v) is 2.27. The highest BCUT2D eigenvalue weighted by Gasteiger charge is 2.30. The molecule has 134 valence electrons. The van der Waals surface area contributed by atoms with E-state index in [1.54, 1.807) is 6.92 Å². The summed E-state index contributed by atoms with van der Waals surface area (Å²) < 4.78 is 43.3. The number of nitrogens with one attached hydrogen (secondary N) is 1. The molecular formula is C17H14Cl2F3NO2. The van der Waals surface area contributed by atoms with Crippen LogP contribution in [0.3, 0.4) is 0 Å². The summed E-state index contributed by atoms with van der Waals surface area (Å²) in [6.45, 7) is 1.68. The quantitative estimate of drug-likeness (QED) is 0.759. The minimum Gasteiger partial charge on any atom is -0.491 e. The van der Waals surface area contributed by atoms with Gasteiger partial charge in [-0.15, -0.1) is 0 Å². The highest BCUT2D eigenvalue weighted by molar-refractivity contribution is 6.42. The Kier molecular flexibility index (Phi) is 6.19. The van der Waals surface area contributed by atoms with E-state index in [0.717, 1.165) is 12.1 Å². The highest BCUT2D eigenvalue weighted by atomic mass is 35.5. The number of carbonyl (C=O) groups excluding carboxylic acids is 1. The predicted octanol–water partition coefficient (Wildman–Crippen LogP) is 5.21. The largest absolute Gasteiger partial charge is 0.491 e. The Balaban J connectivity index is 1.93. The van der Waals surface area contributed by atoms with Crippen LogP contribution in [0.1, 0.15) is 22.8 Å². The normalized spacial score (nSPS) is 12.6. The molecule has 0 aliphatic carbocycles. The van der Waals surface area contributed by atoms with Crippen molar-refractivity contribution in [2.45, 2.75) is 19.1 Å². The molecule has 1 atom stereocenters. The van der Waals surface area contributed by atoms with Gasteiger partial charge in [0.2, 0.25) is 0 Å². The van der Waals surface area contributed by atoms with E-state index in [4.69, 9.17) is 27.9 Å². The lowest BCUT2D eigenvalue weighted by atomic mass is 10.2. The SMILES string of the molecule is CC(COc1cccc(C(F)(F)F)c1)NC(=O)c1ccc(Cl)c(Cl)c1. The van der Waals surface area contributed by atoms with Crippen LogP contribution in [-0.2, 0) is 6.18 Å². The van der Waals surface area contributed by atoms with Crippen LogP contribution in [0, 0.1) is 0 Å². The zero-order valence-corrected chi connectivity index (χ0v) is 14.5. The summed E-state index contributed by atoms with van der Waals surface area (Å²) in [5.74, 6) is -0.316. The molecule has 0 saturated heterocycles. The van der Waals surface area contributed by atoms with Crippen LogP contribution >= 0.6 is 23.2 Å². The molecule has 0 heterocycles. The molecule has 1 unspecified atom stereocenters. The number of carbonyl (C=O) groups is 1. The van der Waals surface area contributed by atoms with Crippen LogP contribution in [0.15, 0.2) is 42.5 Å². The molecule has 2 aromatic rings. The highest BCUT2D eigenvalue weighted by Crippen LogP contribution is 2.31. The third-order valence-electron chi connectivity index (χ3n) is 3.22. The number of alkyl halides is 3. The molecule has 8 heteroatoms. The van der Waals surface area contributed by atoms with Crippen LogP contribution < -0.4 is 10.1 Å². The van der Waals surface area contributed by atoms with Crippen molar-refractivity contribution in [2.24, 2.45) is 0 Å². The number of ether oxygens (including phenoxy) is 1. The molecule has 2 aromatic carbocycles. The number of benzene rings is 2. The van der Waals surface area contributed by atoms with E-state index in [0.29, 0.717) is 10.6 Å². The molecule has 0 aliphatic heterocycles. The molecule has 0 fully saturated rings. The summed E-state index contributed by atoms with van der Waals surface area (Å²) in [5.41, 5.74) is -0.474. The van der Waals surface area contributed by atoms with Crippen molar-refractivity contribution in [3.05, 3.63) is 63.6 Å². The van der Waals surface area contributed by atoms with Gasteiger partial charge in [0.1, 0.15) is 12.4 Å². The fourth-order valence-electron chi connectivity index (χ4n) is 1.97. The third kappa shape index (κ3) is 5.54. The first-order valence-electron chi connectivity index (χ1n) is 7.23. The number of amides is 1. The number of hydrogen-bond donors (Lipinski definition) is 1. The molecule has 2 rings (SSSR count). The molecular weight excluding hydrogens is 378 g/mol. The van der Waals surface area contributed by atoms with E-state index >= 15 is 0 Å². The van der Waals surface area contributed by atoms with Gasteiger partial charge < -0.3 is 10.1 Å². The lowest BCUT2D eigenvalue weighted by Gasteiger charge is -2.16. The summed E-state index contributed by atoms with van der Waals surface area (Å²) in [4.78, 5) is 12.1. The Morgan fingerprint density at radius 3 is 2.52 bits per heavy atom. The average molecular weight is 392 g/mol. The summed E-state index contributed by atoms with van der Waals surface area (Å²) in [7, 11) is 0. The molecule has 25 heavy (non-hydrogen) atoms. The molecule has 0 bridgehead atoms. The van der Waals surface area contributed by atoms with Crippen molar-refractivity contribution in [3.8, 4) is 5.75 Å². The van der Waals surface area contributed by atoms with Crippen LogP contribution in [0.25, 0.3) is 0 Å². The monoisotopic (exact) mass is 391 g/mol. The molecule has 0 radical (unpaired) electrons. The van der Waals surface area contributed by atoms with Crippen molar-refractivity contribution in [3.63, 3.8) is 0 Å². The molecule has 0 spiro atoms. The van der Waals surface area contributed by atoms with Crippen molar-refractivity contribution in [1.82, 2.24) is 5.32 Å². The van der Waals surface area contributed by atoms with E-state index in [2.05, 4.69) is 5.32 Å². The van der Waals surface area contributed by atoms with Gasteiger partial charge >= 0.3 is 6.18 Å². The summed E-state index contributed by atoms with van der Waals surface area (Å²) >= 11 is 11.6. The van der Waals surface area contributed by atoms with Gasteiger partial charge in [-0.1, -0.05) is 29.3 Å². The Morgan fingerprint density at radius 2 is 1.88 bits per heavy atom. The van der Waals surface area contributed by atoms with Gasteiger partial charge in [-0.3, -0.25) is 4.79 Å². The van der Waals surface area contributed by atoms with Crippen molar-refractivity contribution in [2.75, 3.05) is 6.61 Å². The fraction of sp³-hybridized carbons (Fsp3) is 0.235. The van der Waals surface area contributed by atoms with Gasteiger partial charge in [-0.2, -0.15) is 13.2 Å². The Hall–Kier alpha value is -1.92. The summed E-state index contributed by atoms with van der Waals surface area (Å²) in [5, 5.41) is 3.25. The van der Waals surface area contributed by atoms with Crippen molar-refractivity contribution < 1.29 is 22.7 Å². The van der Waals surface area contributed by atoms with Crippen LogP contribution in [-0.4, -0.2) is 18.6 Å². The van der Waals surface area contributed by atoms with E-state index in [-0.39, 0.29) is 17.4 Å². The minimum atomic E-state index is -4.44. The van der Waals surface area contributed by atoms with E-state index in [9.17, 15) is 18.0 Å². The Bertz CT molecular complexity index is 766. The van der Waals surface area contributed by atoms with E-state index in [1.165, 1.54) is 30.3 Å². The first kappa shape index (κ1) is 19.4.